The van der Waals surface area contributed by atoms with Crippen LogP contribution in [-0.4, -0.2) is 35.4 Å². The summed E-state index contributed by atoms with van der Waals surface area (Å²) >= 11 is 0. The van der Waals surface area contributed by atoms with Gasteiger partial charge in [0.05, 0.1) is 20.3 Å². The van der Waals surface area contributed by atoms with Gasteiger partial charge in [-0.2, -0.15) is 0 Å². The molecule has 1 aromatic carbocycles. The van der Waals surface area contributed by atoms with Crippen LogP contribution in [0.2, 0.25) is 0 Å². The first-order chi connectivity index (χ1) is 11.2. The Morgan fingerprint density at radius 1 is 1.22 bits per heavy atom. The number of nitrogens with zero attached hydrogens (tertiary/aromatic N) is 2. The summed E-state index contributed by atoms with van der Waals surface area (Å²) in [5.74, 6) is 2.53. The van der Waals surface area contributed by atoms with Gasteiger partial charge in [-0.3, -0.25) is 0 Å². The summed E-state index contributed by atoms with van der Waals surface area (Å²) in [7, 11) is 3.25. The molecule has 1 fully saturated rings. The first kappa shape index (κ1) is 15.6. The molecular formula is C17H21N3O3. The smallest absolute Gasteiger partial charge is 0.165 e. The first-order valence-corrected chi connectivity index (χ1v) is 7.65. The van der Waals surface area contributed by atoms with Gasteiger partial charge in [-0.05, 0) is 18.9 Å². The second-order valence-corrected chi connectivity index (χ2v) is 5.66. The highest BCUT2D eigenvalue weighted by Crippen LogP contribution is 2.36. The van der Waals surface area contributed by atoms with Crippen LogP contribution in [0, 0.1) is 0 Å². The number of aliphatic hydroxyl groups is 1. The van der Waals surface area contributed by atoms with Crippen molar-refractivity contribution in [2.75, 3.05) is 19.5 Å². The van der Waals surface area contributed by atoms with Crippen molar-refractivity contribution in [3.8, 4) is 11.5 Å². The zero-order valence-electron chi connectivity index (χ0n) is 13.3. The molecule has 0 spiro atoms. The van der Waals surface area contributed by atoms with Crippen LogP contribution in [0.1, 0.15) is 30.0 Å². The molecule has 1 saturated carbocycles. The predicted molar refractivity (Wildman–Crippen MR) is 86.9 cm³/mol. The van der Waals surface area contributed by atoms with Crippen LogP contribution in [0.15, 0.2) is 30.6 Å². The maximum absolute atomic E-state index is 9.42. The van der Waals surface area contributed by atoms with Gasteiger partial charge in [0.15, 0.2) is 11.5 Å². The van der Waals surface area contributed by atoms with E-state index in [1.54, 1.807) is 20.5 Å². The molecule has 2 N–H and O–H groups in total. The van der Waals surface area contributed by atoms with Crippen molar-refractivity contribution in [2.24, 2.45) is 0 Å². The Balaban J connectivity index is 1.70. The van der Waals surface area contributed by atoms with Gasteiger partial charge in [0.25, 0.3) is 0 Å². The zero-order valence-corrected chi connectivity index (χ0v) is 13.3. The number of hydrogen-bond donors (Lipinski definition) is 2. The fourth-order valence-corrected chi connectivity index (χ4v) is 2.80. The molecule has 0 radical (unpaired) electrons. The standard InChI is InChI=1S/C17H21N3O3/c1-22-15-5-3-4-11(17(15)23-2)9-18-16-8-14(19-10-20-16)12-6-13(21)7-12/h3-5,8,10,12-13,21H,6-7,9H2,1-2H3,(H,18,19,20). The van der Waals surface area contributed by atoms with Gasteiger partial charge in [0.2, 0.25) is 0 Å². The van der Waals surface area contributed by atoms with Crippen molar-refractivity contribution in [3.63, 3.8) is 0 Å². The van der Waals surface area contributed by atoms with E-state index in [-0.39, 0.29) is 6.10 Å². The highest BCUT2D eigenvalue weighted by Gasteiger charge is 2.29. The van der Waals surface area contributed by atoms with Crippen molar-refractivity contribution in [3.05, 3.63) is 41.9 Å². The molecule has 1 heterocycles. The summed E-state index contributed by atoms with van der Waals surface area (Å²) in [6, 6.07) is 7.73. The average molecular weight is 315 g/mol. The SMILES string of the molecule is COc1cccc(CNc2cc(C3CC(O)C3)ncn2)c1OC. The molecule has 0 bridgehead atoms. The van der Waals surface area contributed by atoms with E-state index in [0.29, 0.717) is 18.2 Å². The van der Waals surface area contributed by atoms with Crippen LogP contribution in [0.25, 0.3) is 0 Å². The second-order valence-electron chi connectivity index (χ2n) is 5.66. The van der Waals surface area contributed by atoms with Crippen LogP contribution in [0.3, 0.4) is 0 Å². The largest absolute Gasteiger partial charge is 0.493 e. The predicted octanol–water partition coefficient (Wildman–Crippen LogP) is 2.34. The van der Waals surface area contributed by atoms with Crippen molar-refractivity contribution in [2.45, 2.75) is 31.4 Å². The van der Waals surface area contributed by atoms with Gasteiger partial charge < -0.3 is 19.9 Å². The molecule has 2 aromatic rings. The monoisotopic (exact) mass is 315 g/mol. The lowest BCUT2D eigenvalue weighted by molar-refractivity contribution is 0.0732. The Labute approximate surface area is 135 Å². The number of ether oxygens (including phenoxy) is 2. The molecule has 0 amide bonds. The Hall–Kier alpha value is -2.34. The molecule has 1 aliphatic rings. The van der Waals surface area contributed by atoms with E-state index in [1.807, 2.05) is 24.3 Å². The maximum atomic E-state index is 9.42. The topological polar surface area (TPSA) is 76.5 Å². The van der Waals surface area contributed by atoms with Gasteiger partial charge in [-0.15, -0.1) is 0 Å². The minimum atomic E-state index is -0.188. The molecule has 1 aliphatic carbocycles. The number of nitrogens with one attached hydrogen (secondary N) is 1. The molecule has 122 valence electrons. The zero-order chi connectivity index (χ0) is 16.2. The second kappa shape index (κ2) is 6.83. The number of aromatic nitrogens is 2. The number of methoxy groups -OCH3 is 2. The van der Waals surface area contributed by atoms with E-state index in [2.05, 4.69) is 15.3 Å². The van der Waals surface area contributed by atoms with Gasteiger partial charge >= 0.3 is 0 Å². The summed E-state index contributed by atoms with van der Waals surface area (Å²) in [5.41, 5.74) is 1.97. The average Bonchev–Trinajstić information content (AvgIpc) is 2.56. The Bertz CT molecular complexity index is 672. The summed E-state index contributed by atoms with van der Waals surface area (Å²) in [6.45, 7) is 0.574. The molecule has 1 aromatic heterocycles. The highest BCUT2D eigenvalue weighted by atomic mass is 16.5. The van der Waals surface area contributed by atoms with E-state index in [9.17, 15) is 5.11 Å². The normalized spacial score (nSPS) is 19.8. The Kier molecular flexibility index (Phi) is 4.62. The molecule has 0 unspecified atom stereocenters. The van der Waals surface area contributed by atoms with Crippen molar-refractivity contribution >= 4 is 5.82 Å². The van der Waals surface area contributed by atoms with E-state index in [4.69, 9.17) is 9.47 Å². The quantitative estimate of drug-likeness (QED) is 0.852. The third kappa shape index (κ3) is 3.37. The fourth-order valence-electron chi connectivity index (χ4n) is 2.80. The maximum Gasteiger partial charge on any atom is 0.165 e. The summed E-state index contributed by atoms with van der Waals surface area (Å²) in [4.78, 5) is 8.56. The Morgan fingerprint density at radius 3 is 2.74 bits per heavy atom. The number of rotatable bonds is 6. The number of para-hydroxylation sites is 1. The fraction of sp³-hybridized carbons (Fsp3) is 0.412. The molecule has 3 rings (SSSR count). The van der Waals surface area contributed by atoms with E-state index in [0.717, 1.165) is 35.7 Å². The summed E-state index contributed by atoms with van der Waals surface area (Å²) in [5, 5.41) is 12.7. The van der Waals surface area contributed by atoms with Crippen LogP contribution in [0.4, 0.5) is 5.82 Å². The van der Waals surface area contributed by atoms with Crippen molar-refractivity contribution in [1.29, 1.82) is 0 Å². The number of anilines is 1. The lowest BCUT2D eigenvalue weighted by Crippen LogP contribution is -2.27. The van der Waals surface area contributed by atoms with E-state index in [1.165, 1.54) is 0 Å². The molecule has 0 aliphatic heterocycles. The minimum absolute atomic E-state index is 0.188. The lowest BCUT2D eigenvalue weighted by atomic mass is 9.80. The minimum Gasteiger partial charge on any atom is -0.493 e. The van der Waals surface area contributed by atoms with E-state index >= 15 is 0 Å². The van der Waals surface area contributed by atoms with Crippen LogP contribution in [0.5, 0.6) is 11.5 Å². The molecule has 0 saturated heterocycles. The number of aliphatic hydroxyl groups excluding tert-OH is 1. The van der Waals surface area contributed by atoms with Crippen molar-refractivity contribution in [1.82, 2.24) is 9.97 Å². The molecule has 0 atom stereocenters. The number of benzene rings is 1. The van der Waals surface area contributed by atoms with Crippen LogP contribution in [-0.2, 0) is 6.54 Å². The third-order valence-electron chi connectivity index (χ3n) is 4.16. The molecule has 6 nitrogen and oxygen atoms in total. The van der Waals surface area contributed by atoms with Gasteiger partial charge in [0.1, 0.15) is 12.1 Å². The van der Waals surface area contributed by atoms with Crippen LogP contribution >= 0.6 is 0 Å². The lowest BCUT2D eigenvalue weighted by Gasteiger charge is -2.30. The molecule has 6 heteroatoms. The number of hydrogen-bond acceptors (Lipinski definition) is 6. The Morgan fingerprint density at radius 2 is 2.04 bits per heavy atom. The first-order valence-electron chi connectivity index (χ1n) is 7.65. The third-order valence-corrected chi connectivity index (χ3v) is 4.16. The van der Waals surface area contributed by atoms with Gasteiger partial charge in [-0.25, -0.2) is 9.97 Å². The van der Waals surface area contributed by atoms with Gasteiger partial charge in [0, 0.05) is 29.8 Å². The van der Waals surface area contributed by atoms with E-state index < -0.39 is 0 Å². The summed E-state index contributed by atoms with van der Waals surface area (Å²) < 4.78 is 10.7. The van der Waals surface area contributed by atoms with Gasteiger partial charge in [-0.1, -0.05) is 12.1 Å². The summed E-state index contributed by atoms with van der Waals surface area (Å²) in [6.07, 6.45) is 2.93. The molecule has 23 heavy (non-hydrogen) atoms. The molecular weight excluding hydrogens is 294 g/mol. The van der Waals surface area contributed by atoms with Crippen LogP contribution < -0.4 is 14.8 Å². The highest BCUT2D eigenvalue weighted by molar-refractivity contribution is 5.48. The van der Waals surface area contributed by atoms with Crippen molar-refractivity contribution < 1.29 is 14.6 Å².